The molecular weight excluding hydrogens is 333 g/mol. The van der Waals surface area contributed by atoms with Crippen molar-refractivity contribution in [2.45, 2.75) is 12.5 Å². The van der Waals surface area contributed by atoms with E-state index in [1.54, 1.807) is 36.4 Å². The monoisotopic (exact) mass is 347 g/mol. The minimum absolute atomic E-state index is 0.121. The topological polar surface area (TPSA) is 61.4 Å². The Kier molecular flexibility index (Phi) is 4.66. The molecule has 0 aliphatic carbocycles. The highest BCUT2D eigenvalue weighted by Crippen LogP contribution is 2.23. The molecule has 0 bridgehead atoms. The van der Waals surface area contributed by atoms with E-state index in [0.717, 1.165) is 0 Å². The maximum atomic E-state index is 13.0. The van der Waals surface area contributed by atoms with E-state index in [9.17, 15) is 14.0 Å². The van der Waals surface area contributed by atoms with Crippen LogP contribution in [-0.2, 0) is 4.79 Å². The van der Waals surface area contributed by atoms with Crippen LogP contribution in [0.5, 0.6) is 0 Å². The maximum absolute atomic E-state index is 13.0. The van der Waals surface area contributed by atoms with Crippen LogP contribution < -0.4 is 15.5 Å². The smallest absolute Gasteiger partial charge is 0.319 e. The molecule has 3 amide bonds. The van der Waals surface area contributed by atoms with Crippen LogP contribution in [0.3, 0.4) is 0 Å². The number of anilines is 2. The number of amides is 3. The molecule has 1 saturated heterocycles. The highest BCUT2D eigenvalue weighted by atomic mass is 35.5. The number of urea groups is 1. The van der Waals surface area contributed by atoms with Crippen LogP contribution in [0.25, 0.3) is 0 Å². The van der Waals surface area contributed by atoms with Gasteiger partial charge in [-0.05, 0) is 36.4 Å². The van der Waals surface area contributed by atoms with Crippen molar-refractivity contribution in [2.24, 2.45) is 0 Å². The lowest BCUT2D eigenvalue weighted by molar-refractivity contribution is -0.117. The predicted octanol–water partition coefficient (Wildman–Crippen LogP) is 3.41. The fraction of sp³-hybridized carbons (Fsp3) is 0.176. The Morgan fingerprint density at radius 1 is 1.17 bits per heavy atom. The van der Waals surface area contributed by atoms with E-state index in [1.165, 1.54) is 17.0 Å². The van der Waals surface area contributed by atoms with E-state index >= 15 is 0 Å². The standard InChI is InChI=1S/C17H15ClFN3O2/c18-14-3-1-2-4-15(14)21-17(24)20-12-9-16(23)22(10-12)13-7-5-11(19)6-8-13/h1-8,12H,9-10H2,(H2,20,21,24). The Hall–Kier alpha value is -2.60. The molecule has 24 heavy (non-hydrogen) atoms. The summed E-state index contributed by atoms with van der Waals surface area (Å²) < 4.78 is 13.0. The Bertz CT molecular complexity index is 767. The van der Waals surface area contributed by atoms with Gasteiger partial charge in [-0.3, -0.25) is 4.79 Å². The summed E-state index contributed by atoms with van der Waals surface area (Å²) in [6.07, 6.45) is 0.188. The van der Waals surface area contributed by atoms with E-state index in [-0.39, 0.29) is 24.2 Å². The molecule has 5 nitrogen and oxygen atoms in total. The van der Waals surface area contributed by atoms with E-state index in [4.69, 9.17) is 11.6 Å². The van der Waals surface area contributed by atoms with Gasteiger partial charge in [-0.25, -0.2) is 9.18 Å². The number of para-hydroxylation sites is 1. The van der Waals surface area contributed by atoms with Gasteiger partial charge in [0.05, 0.1) is 16.8 Å². The molecule has 1 unspecified atom stereocenters. The first-order valence-electron chi connectivity index (χ1n) is 7.41. The second-order valence-corrected chi connectivity index (χ2v) is 5.87. The summed E-state index contributed by atoms with van der Waals surface area (Å²) in [5.41, 5.74) is 1.11. The third-order valence-electron chi connectivity index (χ3n) is 3.72. The summed E-state index contributed by atoms with van der Waals surface area (Å²) in [5.74, 6) is -0.483. The highest BCUT2D eigenvalue weighted by molar-refractivity contribution is 6.33. The van der Waals surface area contributed by atoms with Gasteiger partial charge < -0.3 is 15.5 Å². The fourth-order valence-corrected chi connectivity index (χ4v) is 2.76. The van der Waals surface area contributed by atoms with E-state index in [2.05, 4.69) is 10.6 Å². The lowest BCUT2D eigenvalue weighted by atomic mass is 10.2. The van der Waals surface area contributed by atoms with Crippen molar-refractivity contribution < 1.29 is 14.0 Å². The first-order chi connectivity index (χ1) is 11.5. The number of hydrogen-bond acceptors (Lipinski definition) is 2. The van der Waals surface area contributed by atoms with Gasteiger partial charge in [0.1, 0.15) is 5.82 Å². The van der Waals surface area contributed by atoms with Crippen LogP contribution in [0.15, 0.2) is 48.5 Å². The number of nitrogens with one attached hydrogen (secondary N) is 2. The molecular formula is C17H15ClFN3O2. The number of carbonyl (C=O) groups is 2. The maximum Gasteiger partial charge on any atom is 0.319 e. The van der Waals surface area contributed by atoms with Crippen LogP contribution in [0, 0.1) is 5.82 Å². The van der Waals surface area contributed by atoms with E-state index < -0.39 is 6.03 Å². The summed E-state index contributed by atoms with van der Waals surface area (Å²) in [7, 11) is 0. The number of carbonyl (C=O) groups excluding carboxylic acids is 2. The second-order valence-electron chi connectivity index (χ2n) is 5.46. The van der Waals surface area contributed by atoms with Crippen molar-refractivity contribution in [3.8, 4) is 0 Å². The van der Waals surface area contributed by atoms with Gasteiger partial charge in [0.2, 0.25) is 5.91 Å². The molecule has 1 aliphatic rings. The molecule has 1 fully saturated rings. The van der Waals surface area contributed by atoms with Gasteiger partial charge in [-0.2, -0.15) is 0 Å². The summed E-state index contributed by atoms with van der Waals surface area (Å²) in [6.45, 7) is 0.334. The van der Waals surface area contributed by atoms with E-state index in [1.807, 2.05) is 0 Å². The normalized spacial score (nSPS) is 17.0. The molecule has 7 heteroatoms. The van der Waals surface area contributed by atoms with Gasteiger partial charge in [0, 0.05) is 18.7 Å². The van der Waals surface area contributed by atoms with Gasteiger partial charge in [0.25, 0.3) is 0 Å². The number of benzene rings is 2. The first kappa shape index (κ1) is 16.3. The quantitative estimate of drug-likeness (QED) is 0.893. The Morgan fingerprint density at radius 2 is 1.88 bits per heavy atom. The van der Waals surface area contributed by atoms with Crippen molar-refractivity contribution in [1.82, 2.24) is 5.32 Å². The Labute approximate surface area is 143 Å². The molecule has 2 aromatic carbocycles. The molecule has 2 aromatic rings. The molecule has 0 spiro atoms. The van der Waals surface area contributed by atoms with Gasteiger partial charge in [-0.1, -0.05) is 23.7 Å². The van der Waals surface area contributed by atoms with Gasteiger partial charge >= 0.3 is 6.03 Å². The Morgan fingerprint density at radius 3 is 2.58 bits per heavy atom. The number of rotatable bonds is 3. The van der Waals surface area contributed by atoms with Crippen molar-refractivity contribution in [2.75, 3.05) is 16.8 Å². The highest BCUT2D eigenvalue weighted by Gasteiger charge is 2.31. The molecule has 0 saturated carbocycles. The lowest BCUT2D eigenvalue weighted by Gasteiger charge is -2.17. The van der Waals surface area contributed by atoms with Gasteiger partial charge in [0.15, 0.2) is 0 Å². The third kappa shape index (κ3) is 3.65. The average molecular weight is 348 g/mol. The Balaban J connectivity index is 1.61. The summed E-state index contributed by atoms with van der Waals surface area (Å²) in [5, 5.41) is 5.84. The number of nitrogens with zero attached hydrogens (tertiary/aromatic N) is 1. The molecule has 124 valence electrons. The SMILES string of the molecule is O=C(Nc1ccccc1Cl)NC1CC(=O)N(c2ccc(F)cc2)C1. The van der Waals surface area contributed by atoms with Crippen LogP contribution in [0.4, 0.5) is 20.6 Å². The molecule has 0 aromatic heterocycles. The number of halogens is 2. The van der Waals surface area contributed by atoms with Crippen LogP contribution in [-0.4, -0.2) is 24.5 Å². The largest absolute Gasteiger partial charge is 0.333 e. The van der Waals surface area contributed by atoms with Gasteiger partial charge in [-0.15, -0.1) is 0 Å². The van der Waals surface area contributed by atoms with Crippen molar-refractivity contribution in [1.29, 1.82) is 0 Å². The summed E-state index contributed by atoms with van der Waals surface area (Å²) in [6, 6.07) is 11.8. The van der Waals surface area contributed by atoms with E-state index in [0.29, 0.717) is 22.9 Å². The van der Waals surface area contributed by atoms with Crippen molar-refractivity contribution in [3.63, 3.8) is 0 Å². The van der Waals surface area contributed by atoms with Crippen molar-refractivity contribution >= 4 is 34.9 Å². The molecule has 0 radical (unpaired) electrons. The van der Waals surface area contributed by atoms with Crippen LogP contribution in [0.1, 0.15) is 6.42 Å². The molecule has 1 heterocycles. The van der Waals surface area contributed by atoms with Crippen LogP contribution >= 0.6 is 11.6 Å². The molecule has 1 aliphatic heterocycles. The molecule has 3 rings (SSSR count). The van der Waals surface area contributed by atoms with Crippen LogP contribution in [0.2, 0.25) is 5.02 Å². The summed E-state index contributed by atoms with van der Waals surface area (Å²) >= 11 is 5.99. The predicted molar refractivity (Wildman–Crippen MR) is 90.8 cm³/mol. The molecule has 1 atom stereocenters. The minimum atomic E-state index is -0.429. The minimum Gasteiger partial charge on any atom is -0.333 e. The number of hydrogen-bond donors (Lipinski definition) is 2. The summed E-state index contributed by atoms with van der Waals surface area (Å²) in [4.78, 5) is 25.7. The lowest BCUT2D eigenvalue weighted by Crippen LogP contribution is -2.39. The zero-order valence-electron chi connectivity index (χ0n) is 12.6. The average Bonchev–Trinajstić information content (AvgIpc) is 2.90. The zero-order valence-corrected chi connectivity index (χ0v) is 13.4. The zero-order chi connectivity index (χ0) is 17.1. The third-order valence-corrected chi connectivity index (χ3v) is 4.05. The second kappa shape index (κ2) is 6.88. The first-order valence-corrected chi connectivity index (χ1v) is 7.79. The molecule has 2 N–H and O–H groups in total. The van der Waals surface area contributed by atoms with Crippen molar-refractivity contribution in [3.05, 3.63) is 59.4 Å². The fourth-order valence-electron chi connectivity index (χ4n) is 2.58.